The number of ether oxygens (including phenoxy) is 1. The van der Waals surface area contributed by atoms with Crippen molar-refractivity contribution >= 4 is 34.4 Å². The van der Waals surface area contributed by atoms with Crippen LogP contribution in [0.15, 0.2) is 28.8 Å². The summed E-state index contributed by atoms with van der Waals surface area (Å²) < 4.78 is 6.28. The van der Waals surface area contributed by atoms with E-state index in [1.807, 2.05) is 13.8 Å². The first-order valence-corrected chi connectivity index (χ1v) is 8.25. The van der Waals surface area contributed by atoms with Gasteiger partial charge in [-0.3, -0.25) is 0 Å². The van der Waals surface area contributed by atoms with Gasteiger partial charge in [-0.2, -0.15) is 9.71 Å². The molecule has 120 valence electrons. The second-order valence-corrected chi connectivity index (χ2v) is 5.96. The van der Waals surface area contributed by atoms with Gasteiger partial charge >= 0.3 is 0 Å². The van der Waals surface area contributed by atoms with Gasteiger partial charge in [0.15, 0.2) is 16.4 Å². The summed E-state index contributed by atoms with van der Waals surface area (Å²) in [6, 6.07) is 0. The molecule has 0 saturated heterocycles. The van der Waals surface area contributed by atoms with E-state index in [0.29, 0.717) is 43.5 Å². The van der Waals surface area contributed by atoms with Gasteiger partial charge in [0.2, 0.25) is 12.1 Å². The van der Waals surface area contributed by atoms with E-state index in [1.54, 1.807) is 0 Å². The number of nitrogens with zero attached hydrogens (tertiary/aromatic N) is 4. The Hall–Kier alpha value is -2.06. The molecule has 0 bridgehead atoms. The van der Waals surface area contributed by atoms with E-state index in [0.717, 1.165) is 12.1 Å². The molecule has 0 aliphatic heterocycles. The Morgan fingerprint density at radius 2 is 2.22 bits per heavy atom. The summed E-state index contributed by atoms with van der Waals surface area (Å²) in [5, 5.41) is 13.5. The van der Waals surface area contributed by atoms with E-state index in [2.05, 4.69) is 19.9 Å². The molecular weight excluding hydrogens is 338 g/mol. The van der Waals surface area contributed by atoms with Gasteiger partial charge in [-0.1, -0.05) is 18.5 Å². The number of aryl methyl sites for hydroxylation is 1. The highest BCUT2D eigenvalue weighted by Crippen LogP contribution is 2.35. The van der Waals surface area contributed by atoms with E-state index in [9.17, 15) is 5.21 Å². The fourth-order valence-corrected chi connectivity index (χ4v) is 3.17. The molecule has 9 heteroatoms. The van der Waals surface area contributed by atoms with Crippen molar-refractivity contribution in [2.75, 3.05) is 6.61 Å². The van der Waals surface area contributed by atoms with Gasteiger partial charge in [-0.15, -0.1) is 0 Å². The van der Waals surface area contributed by atoms with Gasteiger partial charge in [-0.25, -0.2) is 9.97 Å². The molecule has 0 fully saturated rings. The average molecular weight is 352 g/mol. The number of aromatic nitrogens is 5. The van der Waals surface area contributed by atoms with Crippen molar-refractivity contribution in [2.45, 2.75) is 30.5 Å². The maximum absolute atomic E-state index is 11.3. The van der Waals surface area contributed by atoms with Crippen molar-refractivity contribution < 1.29 is 9.47 Å². The summed E-state index contributed by atoms with van der Waals surface area (Å²) in [6.07, 6.45) is 4.85. The summed E-state index contributed by atoms with van der Waals surface area (Å²) in [6.45, 7) is 4.34. The molecule has 3 aromatic heterocycles. The molecule has 7 nitrogen and oxygen atoms in total. The molecule has 1 N–H and O–H groups in total. The van der Waals surface area contributed by atoms with Gasteiger partial charge in [0, 0.05) is 5.69 Å². The molecule has 0 unspecified atom stereocenters. The van der Waals surface area contributed by atoms with E-state index in [4.69, 9.17) is 16.3 Å². The molecule has 0 aliphatic rings. The Kier molecular flexibility index (Phi) is 4.53. The predicted molar refractivity (Wildman–Crippen MR) is 86.8 cm³/mol. The lowest BCUT2D eigenvalue weighted by atomic mass is 10.3. The summed E-state index contributed by atoms with van der Waals surface area (Å²) in [5.41, 5.74) is 1.49. The van der Waals surface area contributed by atoms with Gasteiger partial charge in [0.05, 0.1) is 23.2 Å². The standard InChI is InChI=1S/C14H14ClN5O2S/c1-3-8-11(15)10-12(17-8)18-14(19-13(10)22-4-2)23-9-7-20(21)6-5-16-9/h5-7H,3-4H2,1-2H3,(H,17,18,19). The highest BCUT2D eigenvalue weighted by atomic mass is 35.5. The fourth-order valence-electron chi connectivity index (χ4n) is 2.09. The number of fused-ring (bicyclic) bond motifs is 1. The van der Waals surface area contributed by atoms with E-state index in [1.165, 1.54) is 30.4 Å². The normalized spacial score (nSPS) is 11.1. The Bertz CT molecular complexity index is 855. The summed E-state index contributed by atoms with van der Waals surface area (Å²) in [4.78, 5) is 16.2. The van der Waals surface area contributed by atoms with E-state index >= 15 is 0 Å². The smallest absolute Gasteiger partial charge is 0.228 e. The SMILES string of the molecule is CCOc1nc(Sc2c[n+]([O-])ccn2)nc2[nH]c(CC)c(Cl)c12. The third-order valence-electron chi connectivity index (χ3n) is 3.09. The molecule has 3 aromatic rings. The second-order valence-electron chi connectivity index (χ2n) is 4.60. The number of rotatable bonds is 5. The first-order chi connectivity index (χ1) is 11.1. The van der Waals surface area contributed by atoms with Crippen LogP contribution in [0.25, 0.3) is 11.0 Å². The zero-order valence-corrected chi connectivity index (χ0v) is 14.1. The third-order valence-corrected chi connectivity index (χ3v) is 4.29. The second kappa shape index (κ2) is 6.59. The van der Waals surface area contributed by atoms with E-state index < -0.39 is 0 Å². The molecule has 0 spiro atoms. The van der Waals surface area contributed by atoms with Crippen LogP contribution in [0.4, 0.5) is 0 Å². The van der Waals surface area contributed by atoms with Gasteiger partial charge < -0.3 is 14.9 Å². The van der Waals surface area contributed by atoms with Crippen LogP contribution in [-0.4, -0.2) is 26.5 Å². The van der Waals surface area contributed by atoms with Crippen molar-refractivity contribution in [3.8, 4) is 5.88 Å². The molecule has 0 amide bonds. The van der Waals surface area contributed by atoms with Crippen molar-refractivity contribution in [3.05, 3.63) is 34.5 Å². The Balaban J connectivity index is 2.07. The lowest BCUT2D eigenvalue weighted by Gasteiger charge is -2.06. The number of hydrogen-bond acceptors (Lipinski definition) is 6. The van der Waals surface area contributed by atoms with Gasteiger partial charge in [0.25, 0.3) is 0 Å². The molecule has 23 heavy (non-hydrogen) atoms. The number of hydrogen-bond donors (Lipinski definition) is 1. The molecule has 0 atom stereocenters. The number of H-pyrrole nitrogens is 1. The quantitative estimate of drug-likeness (QED) is 0.432. The van der Waals surface area contributed by atoms with Crippen LogP contribution in [0.1, 0.15) is 19.5 Å². The van der Waals surface area contributed by atoms with Gasteiger partial charge in [-0.05, 0) is 25.1 Å². The fraction of sp³-hybridized carbons (Fsp3) is 0.286. The van der Waals surface area contributed by atoms with Crippen LogP contribution < -0.4 is 9.47 Å². The average Bonchev–Trinajstić information content (AvgIpc) is 2.84. The van der Waals surface area contributed by atoms with Crippen LogP contribution >= 0.6 is 23.4 Å². The largest absolute Gasteiger partial charge is 0.619 e. The predicted octanol–water partition coefficient (Wildman–Crippen LogP) is 2.75. The van der Waals surface area contributed by atoms with Crippen molar-refractivity contribution in [2.24, 2.45) is 0 Å². The molecule has 0 aliphatic carbocycles. The Morgan fingerprint density at radius 3 is 2.91 bits per heavy atom. The van der Waals surface area contributed by atoms with Crippen molar-refractivity contribution in [3.63, 3.8) is 0 Å². The lowest BCUT2D eigenvalue weighted by Crippen LogP contribution is -2.24. The molecule has 3 rings (SSSR count). The van der Waals surface area contributed by atoms with Crippen LogP contribution in [0.2, 0.25) is 5.02 Å². The molecule has 0 aromatic carbocycles. The zero-order valence-electron chi connectivity index (χ0n) is 12.5. The zero-order chi connectivity index (χ0) is 16.4. The van der Waals surface area contributed by atoms with Crippen LogP contribution in [-0.2, 0) is 6.42 Å². The summed E-state index contributed by atoms with van der Waals surface area (Å²) in [5.74, 6) is 0.423. The van der Waals surface area contributed by atoms with Crippen molar-refractivity contribution in [1.29, 1.82) is 0 Å². The highest BCUT2D eigenvalue weighted by Gasteiger charge is 2.18. The van der Waals surface area contributed by atoms with Gasteiger partial charge in [0.1, 0.15) is 5.65 Å². The topological polar surface area (TPSA) is 90.6 Å². The first-order valence-electron chi connectivity index (χ1n) is 7.06. The van der Waals surface area contributed by atoms with Crippen LogP contribution in [0.3, 0.4) is 0 Å². The number of aromatic amines is 1. The maximum Gasteiger partial charge on any atom is 0.228 e. The highest BCUT2D eigenvalue weighted by molar-refractivity contribution is 7.99. The molecule has 3 heterocycles. The number of halogens is 1. The Labute approximate surface area is 141 Å². The lowest BCUT2D eigenvalue weighted by molar-refractivity contribution is -0.608. The minimum atomic E-state index is 0.423. The van der Waals surface area contributed by atoms with Crippen LogP contribution in [0.5, 0.6) is 5.88 Å². The van der Waals surface area contributed by atoms with Crippen LogP contribution in [0, 0.1) is 5.21 Å². The molecule has 0 radical (unpaired) electrons. The van der Waals surface area contributed by atoms with Crippen molar-refractivity contribution in [1.82, 2.24) is 19.9 Å². The van der Waals surface area contributed by atoms with E-state index in [-0.39, 0.29) is 0 Å². The Morgan fingerprint density at radius 1 is 1.39 bits per heavy atom. The molecule has 0 saturated carbocycles. The maximum atomic E-state index is 11.3. The molecular formula is C14H14ClN5O2S. The first kappa shape index (κ1) is 15.8. The minimum Gasteiger partial charge on any atom is -0.619 e. The summed E-state index contributed by atoms with van der Waals surface area (Å²) >= 11 is 7.56. The third kappa shape index (κ3) is 3.18. The monoisotopic (exact) mass is 351 g/mol. The minimum absolute atomic E-state index is 0.423. The summed E-state index contributed by atoms with van der Waals surface area (Å²) in [7, 11) is 0. The number of nitrogens with one attached hydrogen (secondary N) is 1.